The second-order valence-electron chi connectivity index (χ2n) is 5.01. The Kier molecular flexibility index (Phi) is 5.58. The predicted molar refractivity (Wildman–Crippen MR) is 66.0 cm³/mol. The number of hydrogen-bond acceptors (Lipinski definition) is 3. The average molecular weight is 213 g/mol. The van der Waals surface area contributed by atoms with E-state index in [0.717, 1.165) is 6.04 Å². The van der Waals surface area contributed by atoms with Crippen LogP contribution in [-0.2, 0) is 0 Å². The van der Waals surface area contributed by atoms with Gasteiger partial charge in [-0.3, -0.25) is 0 Å². The van der Waals surface area contributed by atoms with E-state index in [1.165, 1.54) is 45.3 Å². The summed E-state index contributed by atoms with van der Waals surface area (Å²) in [5.74, 6) is 0. The molecule has 90 valence electrons. The normalized spacial score (nSPS) is 26.8. The Morgan fingerprint density at radius 1 is 1.20 bits per heavy atom. The second kappa shape index (κ2) is 6.46. The molecular weight excluding hydrogens is 186 g/mol. The lowest BCUT2D eigenvalue weighted by atomic mass is 10.2. The fourth-order valence-electron chi connectivity index (χ4n) is 2.51. The molecule has 1 rings (SSSR count). The molecular formula is C12H27N3. The third kappa shape index (κ3) is 4.49. The molecule has 0 amide bonds. The highest BCUT2D eigenvalue weighted by Crippen LogP contribution is 2.22. The van der Waals surface area contributed by atoms with Crippen molar-refractivity contribution in [3.05, 3.63) is 0 Å². The van der Waals surface area contributed by atoms with Crippen molar-refractivity contribution in [3.8, 4) is 0 Å². The molecule has 0 bridgehead atoms. The van der Waals surface area contributed by atoms with Gasteiger partial charge in [-0.2, -0.15) is 0 Å². The van der Waals surface area contributed by atoms with Gasteiger partial charge in [0, 0.05) is 12.1 Å². The highest BCUT2D eigenvalue weighted by Gasteiger charge is 2.25. The Morgan fingerprint density at radius 3 is 2.40 bits per heavy atom. The predicted octanol–water partition coefficient (Wildman–Crippen LogP) is 1.14. The molecule has 1 aliphatic carbocycles. The third-order valence-electron chi connectivity index (χ3n) is 3.42. The minimum Gasteiger partial charge on any atom is -0.328 e. The lowest BCUT2D eigenvalue weighted by Gasteiger charge is -2.28. The Morgan fingerprint density at radius 2 is 1.93 bits per heavy atom. The maximum absolute atomic E-state index is 5.96. The summed E-state index contributed by atoms with van der Waals surface area (Å²) in [5, 5.41) is 0. The van der Waals surface area contributed by atoms with Gasteiger partial charge in [-0.05, 0) is 59.4 Å². The van der Waals surface area contributed by atoms with Gasteiger partial charge in [0.1, 0.15) is 0 Å². The van der Waals surface area contributed by atoms with Gasteiger partial charge in [0.15, 0.2) is 0 Å². The van der Waals surface area contributed by atoms with Crippen LogP contribution in [0.2, 0.25) is 0 Å². The van der Waals surface area contributed by atoms with E-state index < -0.39 is 0 Å². The summed E-state index contributed by atoms with van der Waals surface area (Å²) in [7, 11) is 4.28. The highest BCUT2D eigenvalue weighted by molar-refractivity contribution is 4.84. The van der Waals surface area contributed by atoms with Crippen LogP contribution in [0.5, 0.6) is 0 Å². The van der Waals surface area contributed by atoms with Crippen LogP contribution in [0.4, 0.5) is 0 Å². The summed E-state index contributed by atoms with van der Waals surface area (Å²) in [5.41, 5.74) is 5.96. The quantitative estimate of drug-likeness (QED) is 0.718. The monoisotopic (exact) mass is 213 g/mol. The maximum atomic E-state index is 5.96. The van der Waals surface area contributed by atoms with Gasteiger partial charge in [0.05, 0.1) is 0 Å². The molecule has 15 heavy (non-hydrogen) atoms. The Hall–Kier alpha value is -0.120. The number of hydrogen-bond donors (Lipinski definition) is 1. The lowest BCUT2D eigenvalue weighted by Crippen LogP contribution is -2.36. The van der Waals surface area contributed by atoms with Crippen molar-refractivity contribution < 1.29 is 0 Å². The number of rotatable bonds is 6. The van der Waals surface area contributed by atoms with E-state index in [2.05, 4.69) is 30.8 Å². The van der Waals surface area contributed by atoms with Gasteiger partial charge in [-0.15, -0.1) is 0 Å². The molecule has 0 aromatic heterocycles. The van der Waals surface area contributed by atoms with E-state index in [1.54, 1.807) is 0 Å². The topological polar surface area (TPSA) is 32.5 Å². The van der Waals surface area contributed by atoms with E-state index in [1.807, 2.05) is 0 Å². The molecule has 0 saturated heterocycles. The zero-order chi connectivity index (χ0) is 11.3. The molecule has 3 nitrogen and oxygen atoms in total. The molecule has 0 aliphatic heterocycles. The van der Waals surface area contributed by atoms with Crippen LogP contribution in [0.1, 0.15) is 32.6 Å². The van der Waals surface area contributed by atoms with Crippen molar-refractivity contribution in [1.29, 1.82) is 0 Å². The maximum Gasteiger partial charge on any atom is 0.0110 e. The summed E-state index contributed by atoms with van der Waals surface area (Å²) in [6, 6.07) is 1.21. The van der Waals surface area contributed by atoms with E-state index in [0.29, 0.717) is 6.04 Å². The second-order valence-corrected chi connectivity index (χ2v) is 5.01. The highest BCUT2D eigenvalue weighted by atomic mass is 15.2. The molecule has 3 heteroatoms. The first-order valence-electron chi connectivity index (χ1n) is 6.27. The van der Waals surface area contributed by atoms with Crippen molar-refractivity contribution in [3.63, 3.8) is 0 Å². The molecule has 0 spiro atoms. The van der Waals surface area contributed by atoms with Crippen LogP contribution in [0.3, 0.4) is 0 Å². The molecule has 0 radical (unpaired) electrons. The fourth-order valence-corrected chi connectivity index (χ4v) is 2.51. The fraction of sp³-hybridized carbons (Fsp3) is 1.00. The van der Waals surface area contributed by atoms with E-state index in [-0.39, 0.29) is 0 Å². The Labute approximate surface area is 94.6 Å². The largest absolute Gasteiger partial charge is 0.328 e. The summed E-state index contributed by atoms with van der Waals surface area (Å²) >= 11 is 0. The first-order valence-corrected chi connectivity index (χ1v) is 6.27. The zero-order valence-electron chi connectivity index (χ0n) is 10.6. The smallest absolute Gasteiger partial charge is 0.0110 e. The van der Waals surface area contributed by atoms with Gasteiger partial charge >= 0.3 is 0 Å². The molecule has 1 saturated carbocycles. The van der Waals surface area contributed by atoms with Crippen molar-refractivity contribution in [2.45, 2.75) is 44.7 Å². The molecule has 2 N–H and O–H groups in total. The molecule has 0 aromatic rings. The Balaban J connectivity index is 2.23. The molecule has 2 atom stereocenters. The summed E-state index contributed by atoms with van der Waals surface area (Å²) in [4.78, 5) is 4.87. The minimum atomic E-state index is 0.456. The molecule has 1 fully saturated rings. The van der Waals surface area contributed by atoms with Crippen molar-refractivity contribution in [2.75, 3.05) is 33.7 Å². The van der Waals surface area contributed by atoms with Crippen LogP contribution in [0.15, 0.2) is 0 Å². The van der Waals surface area contributed by atoms with Gasteiger partial charge in [-0.1, -0.05) is 6.92 Å². The molecule has 0 aromatic carbocycles. The van der Waals surface area contributed by atoms with Gasteiger partial charge < -0.3 is 15.5 Å². The summed E-state index contributed by atoms with van der Waals surface area (Å²) < 4.78 is 0. The summed E-state index contributed by atoms with van der Waals surface area (Å²) in [6.45, 7) is 5.85. The van der Waals surface area contributed by atoms with Crippen molar-refractivity contribution in [1.82, 2.24) is 9.80 Å². The van der Waals surface area contributed by atoms with Crippen LogP contribution < -0.4 is 5.73 Å². The third-order valence-corrected chi connectivity index (χ3v) is 3.42. The van der Waals surface area contributed by atoms with Gasteiger partial charge in [0.25, 0.3) is 0 Å². The van der Waals surface area contributed by atoms with Crippen LogP contribution in [0, 0.1) is 0 Å². The number of nitrogens with two attached hydrogens (primary N) is 1. The zero-order valence-corrected chi connectivity index (χ0v) is 10.6. The molecule has 1 aliphatic rings. The van der Waals surface area contributed by atoms with E-state index >= 15 is 0 Å². The average Bonchev–Trinajstić information content (AvgIpc) is 2.59. The minimum absolute atomic E-state index is 0.456. The molecule has 0 heterocycles. The first-order chi connectivity index (χ1) is 7.13. The standard InChI is InChI=1S/C12H27N3/c1-4-15(9-5-8-14(2)3)12-7-6-11(13)10-12/h11-12H,4-10,13H2,1-3H3. The number of nitrogens with zero attached hydrogens (tertiary/aromatic N) is 2. The Bertz CT molecular complexity index is 170. The SMILES string of the molecule is CCN(CCCN(C)C)C1CCC(N)C1. The van der Waals surface area contributed by atoms with Gasteiger partial charge in [-0.25, -0.2) is 0 Å². The van der Waals surface area contributed by atoms with Crippen LogP contribution >= 0.6 is 0 Å². The van der Waals surface area contributed by atoms with E-state index in [4.69, 9.17) is 5.73 Å². The van der Waals surface area contributed by atoms with Crippen molar-refractivity contribution in [2.24, 2.45) is 5.73 Å². The van der Waals surface area contributed by atoms with E-state index in [9.17, 15) is 0 Å². The lowest BCUT2D eigenvalue weighted by molar-refractivity contribution is 0.197. The van der Waals surface area contributed by atoms with Crippen LogP contribution in [0.25, 0.3) is 0 Å². The van der Waals surface area contributed by atoms with Crippen LogP contribution in [-0.4, -0.2) is 55.6 Å². The van der Waals surface area contributed by atoms with Gasteiger partial charge in [0.2, 0.25) is 0 Å². The first kappa shape index (κ1) is 12.9. The van der Waals surface area contributed by atoms with Crippen molar-refractivity contribution >= 4 is 0 Å². The summed E-state index contributed by atoms with van der Waals surface area (Å²) in [6.07, 6.45) is 4.99. The molecule has 2 unspecified atom stereocenters.